The molecule has 2 fully saturated rings. The number of rotatable bonds is 4. The summed E-state index contributed by atoms with van der Waals surface area (Å²) in [7, 11) is 0. The summed E-state index contributed by atoms with van der Waals surface area (Å²) in [6, 6.07) is 18.2. The molecule has 1 aliphatic heterocycles. The molecule has 1 heterocycles. The van der Waals surface area contributed by atoms with Gasteiger partial charge in [0.05, 0.1) is 0 Å². The second-order valence-electron chi connectivity index (χ2n) is 7.90. The zero-order chi connectivity index (χ0) is 17.1. The van der Waals surface area contributed by atoms with Crippen molar-refractivity contribution in [3.63, 3.8) is 0 Å². The van der Waals surface area contributed by atoms with Crippen LogP contribution in [-0.4, -0.2) is 24.5 Å². The Hall–Kier alpha value is -1.67. The maximum atomic E-state index is 13.9. The fraction of sp³-hybridized carbons (Fsp3) is 0.478. The van der Waals surface area contributed by atoms with Crippen LogP contribution in [0.15, 0.2) is 54.6 Å². The summed E-state index contributed by atoms with van der Waals surface area (Å²) in [5, 5.41) is 0. The van der Waals surface area contributed by atoms with Crippen LogP contribution in [0.1, 0.15) is 43.2 Å². The summed E-state index contributed by atoms with van der Waals surface area (Å²) < 4.78 is 13.9. The average Bonchev–Trinajstić information content (AvgIpc) is 2.67. The van der Waals surface area contributed by atoms with Crippen molar-refractivity contribution < 1.29 is 4.39 Å². The van der Waals surface area contributed by atoms with Gasteiger partial charge in [0.25, 0.3) is 0 Å². The van der Waals surface area contributed by atoms with Crippen LogP contribution in [0.4, 0.5) is 4.39 Å². The fourth-order valence-electron chi connectivity index (χ4n) is 5.12. The Kier molecular flexibility index (Phi) is 4.89. The van der Waals surface area contributed by atoms with Crippen LogP contribution in [0.3, 0.4) is 0 Å². The van der Waals surface area contributed by atoms with Gasteiger partial charge in [-0.25, -0.2) is 4.39 Å². The maximum Gasteiger partial charge on any atom is 0.123 e. The van der Waals surface area contributed by atoms with Crippen molar-refractivity contribution in [1.29, 1.82) is 0 Å². The quantitative estimate of drug-likeness (QED) is 0.741. The zero-order valence-corrected chi connectivity index (χ0v) is 15.0. The number of halogens is 1. The smallest absolute Gasteiger partial charge is 0.123 e. The van der Waals surface area contributed by atoms with Crippen molar-refractivity contribution in [2.75, 3.05) is 19.6 Å². The lowest BCUT2D eigenvalue weighted by molar-refractivity contribution is 0.0568. The third-order valence-corrected chi connectivity index (χ3v) is 6.52. The van der Waals surface area contributed by atoms with Gasteiger partial charge < -0.3 is 4.90 Å². The van der Waals surface area contributed by atoms with Gasteiger partial charge in [0.2, 0.25) is 0 Å². The molecule has 0 aromatic heterocycles. The first-order chi connectivity index (χ1) is 12.3. The predicted octanol–water partition coefficient (Wildman–Crippen LogP) is 5.20. The number of fused-ring (bicyclic) bond motifs is 1. The van der Waals surface area contributed by atoms with Crippen molar-refractivity contribution >= 4 is 0 Å². The molecule has 2 aromatic rings. The summed E-state index contributed by atoms with van der Waals surface area (Å²) in [6.45, 7) is 3.45. The Morgan fingerprint density at radius 2 is 1.88 bits per heavy atom. The van der Waals surface area contributed by atoms with Crippen LogP contribution < -0.4 is 0 Å². The molecule has 0 spiro atoms. The van der Waals surface area contributed by atoms with Gasteiger partial charge in [-0.2, -0.15) is 0 Å². The van der Waals surface area contributed by atoms with Crippen molar-refractivity contribution in [1.82, 2.24) is 4.90 Å². The molecular formula is C23H28FN. The molecule has 2 aromatic carbocycles. The van der Waals surface area contributed by atoms with E-state index < -0.39 is 0 Å². The molecule has 1 aliphatic carbocycles. The summed E-state index contributed by atoms with van der Waals surface area (Å²) in [5.74, 6) is 0.593. The second-order valence-corrected chi connectivity index (χ2v) is 7.90. The van der Waals surface area contributed by atoms with E-state index in [1.54, 1.807) is 12.1 Å². The van der Waals surface area contributed by atoms with E-state index in [0.29, 0.717) is 5.92 Å². The molecule has 2 atom stereocenters. The van der Waals surface area contributed by atoms with Gasteiger partial charge in [0.15, 0.2) is 0 Å². The lowest BCUT2D eigenvalue weighted by Gasteiger charge is -2.51. The van der Waals surface area contributed by atoms with Crippen molar-refractivity contribution in [3.05, 3.63) is 71.5 Å². The maximum absolute atomic E-state index is 13.9. The molecule has 0 N–H and O–H groups in total. The van der Waals surface area contributed by atoms with Gasteiger partial charge in [-0.1, -0.05) is 55.3 Å². The lowest BCUT2D eigenvalue weighted by Crippen LogP contribution is -2.51. The van der Waals surface area contributed by atoms with Crippen molar-refractivity contribution in [2.45, 2.75) is 43.9 Å². The predicted molar refractivity (Wildman–Crippen MR) is 101 cm³/mol. The highest BCUT2D eigenvalue weighted by Gasteiger charge is 2.45. The number of nitrogens with zero attached hydrogens (tertiary/aromatic N) is 1. The monoisotopic (exact) mass is 337 g/mol. The summed E-state index contributed by atoms with van der Waals surface area (Å²) in [4.78, 5) is 2.64. The molecule has 0 radical (unpaired) electrons. The minimum absolute atomic E-state index is 0.0808. The Balaban J connectivity index is 1.48. The Bertz CT molecular complexity index is 698. The topological polar surface area (TPSA) is 3.24 Å². The van der Waals surface area contributed by atoms with Gasteiger partial charge in [0, 0.05) is 18.5 Å². The number of benzene rings is 2. The van der Waals surface area contributed by atoms with E-state index in [-0.39, 0.29) is 11.2 Å². The first-order valence-electron chi connectivity index (χ1n) is 9.79. The molecule has 0 unspecified atom stereocenters. The van der Waals surface area contributed by atoms with Gasteiger partial charge in [0.1, 0.15) is 5.82 Å². The minimum atomic E-state index is -0.0808. The van der Waals surface area contributed by atoms with E-state index in [4.69, 9.17) is 0 Å². The normalized spacial score (nSPS) is 27.0. The number of hydrogen-bond donors (Lipinski definition) is 0. The molecular weight excluding hydrogens is 309 g/mol. The number of likely N-dealkylation sites (tertiary alicyclic amines) is 1. The van der Waals surface area contributed by atoms with Gasteiger partial charge in [-0.05, 0) is 61.4 Å². The van der Waals surface area contributed by atoms with Crippen molar-refractivity contribution in [3.8, 4) is 0 Å². The van der Waals surface area contributed by atoms with E-state index in [0.717, 1.165) is 19.5 Å². The number of hydrogen-bond acceptors (Lipinski definition) is 1. The summed E-state index contributed by atoms with van der Waals surface area (Å²) in [6.07, 6.45) is 7.44. The van der Waals surface area contributed by atoms with Crippen LogP contribution >= 0.6 is 0 Å². The van der Waals surface area contributed by atoms with E-state index in [1.165, 1.54) is 49.8 Å². The lowest BCUT2D eigenvalue weighted by atomic mass is 9.59. The SMILES string of the molecule is Fc1cccc([C@@]23CCCC[C@@H]2CN(CCc2ccccc2)CC3)c1. The number of piperidine rings is 1. The first-order valence-corrected chi connectivity index (χ1v) is 9.79. The van der Waals surface area contributed by atoms with Gasteiger partial charge in [-0.3, -0.25) is 0 Å². The summed E-state index contributed by atoms with van der Waals surface area (Å²) in [5.41, 5.74) is 2.89. The Morgan fingerprint density at radius 1 is 1.00 bits per heavy atom. The minimum Gasteiger partial charge on any atom is -0.303 e. The van der Waals surface area contributed by atoms with Crippen LogP contribution in [0.5, 0.6) is 0 Å². The molecule has 132 valence electrons. The highest BCUT2D eigenvalue weighted by atomic mass is 19.1. The fourth-order valence-corrected chi connectivity index (χ4v) is 5.12. The van der Waals surface area contributed by atoms with E-state index in [2.05, 4.69) is 41.3 Å². The third kappa shape index (κ3) is 3.50. The molecule has 1 saturated carbocycles. The van der Waals surface area contributed by atoms with E-state index >= 15 is 0 Å². The molecule has 0 amide bonds. The zero-order valence-electron chi connectivity index (χ0n) is 15.0. The van der Waals surface area contributed by atoms with Crippen LogP contribution in [0, 0.1) is 11.7 Å². The van der Waals surface area contributed by atoms with E-state index in [9.17, 15) is 4.39 Å². The Labute approximate surface area is 150 Å². The van der Waals surface area contributed by atoms with Crippen LogP contribution in [0.25, 0.3) is 0 Å². The highest BCUT2D eigenvalue weighted by molar-refractivity contribution is 5.29. The average molecular weight is 337 g/mol. The molecule has 0 bridgehead atoms. The Morgan fingerprint density at radius 3 is 2.72 bits per heavy atom. The van der Waals surface area contributed by atoms with Gasteiger partial charge in [-0.15, -0.1) is 0 Å². The molecule has 2 aliphatic rings. The third-order valence-electron chi connectivity index (χ3n) is 6.52. The summed E-state index contributed by atoms with van der Waals surface area (Å²) >= 11 is 0. The first kappa shape index (κ1) is 16.8. The molecule has 1 nitrogen and oxygen atoms in total. The molecule has 25 heavy (non-hydrogen) atoms. The highest BCUT2D eigenvalue weighted by Crippen LogP contribution is 2.49. The largest absolute Gasteiger partial charge is 0.303 e. The molecule has 1 saturated heterocycles. The van der Waals surface area contributed by atoms with E-state index in [1.807, 2.05) is 6.07 Å². The molecule has 4 rings (SSSR count). The van der Waals surface area contributed by atoms with Crippen LogP contribution in [-0.2, 0) is 11.8 Å². The van der Waals surface area contributed by atoms with Crippen molar-refractivity contribution in [2.24, 2.45) is 5.92 Å². The van der Waals surface area contributed by atoms with Crippen LogP contribution in [0.2, 0.25) is 0 Å². The molecule has 2 heteroatoms. The van der Waals surface area contributed by atoms with Gasteiger partial charge >= 0.3 is 0 Å². The second kappa shape index (κ2) is 7.29. The standard InChI is InChI=1S/C23H28FN/c24-22-11-6-10-20(17-22)23-13-5-4-9-21(23)18-25(16-14-23)15-12-19-7-2-1-3-8-19/h1-3,6-8,10-11,17,21H,4-5,9,12-16,18H2/t21-,23+/m1/s1.